The van der Waals surface area contributed by atoms with E-state index < -0.39 is 0 Å². The van der Waals surface area contributed by atoms with Crippen LogP contribution in [0.3, 0.4) is 0 Å². The summed E-state index contributed by atoms with van der Waals surface area (Å²) in [6.07, 6.45) is 7.82. The molecular weight excluding hydrogens is 486 g/mol. The number of halogens is 2. The molecule has 0 aromatic heterocycles. The Morgan fingerprint density at radius 2 is 1.33 bits per heavy atom. The van der Waals surface area contributed by atoms with Gasteiger partial charge in [-0.1, -0.05) is 98.4 Å². The van der Waals surface area contributed by atoms with Crippen molar-refractivity contribution >= 4 is 36.0 Å². The van der Waals surface area contributed by atoms with Crippen LogP contribution in [-0.4, -0.2) is 0 Å². The third-order valence-electron chi connectivity index (χ3n) is 6.32. The number of rotatable bonds is 4. The number of fused-ring (bicyclic) bond motifs is 3. The summed E-state index contributed by atoms with van der Waals surface area (Å²) >= 11 is 0. The van der Waals surface area contributed by atoms with Gasteiger partial charge >= 0.3 is 0 Å². The van der Waals surface area contributed by atoms with E-state index in [1.807, 2.05) is 0 Å². The van der Waals surface area contributed by atoms with Gasteiger partial charge in [-0.2, -0.15) is 0 Å². The van der Waals surface area contributed by atoms with E-state index in [1.54, 1.807) is 0 Å². The molecule has 0 saturated heterocycles. The number of hydrogen-bond acceptors (Lipinski definition) is 0. The molecule has 0 heterocycles. The summed E-state index contributed by atoms with van der Waals surface area (Å²) in [6.45, 7) is 17.3. The molecule has 0 bridgehead atoms. The first kappa shape index (κ1) is 26.9. The van der Waals surface area contributed by atoms with Crippen LogP contribution in [0.1, 0.15) is 62.3 Å². The molecule has 2 aliphatic carbocycles. The summed E-state index contributed by atoms with van der Waals surface area (Å²) in [6, 6.07) is 13.7. The maximum Gasteiger partial charge on any atom is 0.0191 e. The normalized spacial score (nSPS) is 13.9. The molecule has 0 saturated carbocycles. The van der Waals surface area contributed by atoms with Crippen LogP contribution in [0.25, 0.3) is 22.3 Å². The molecule has 30 heavy (non-hydrogen) atoms. The van der Waals surface area contributed by atoms with Crippen LogP contribution in [0.2, 0.25) is 0 Å². The van der Waals surface area contributed by atoms with Gasteiger partial charge < -0.3 is 0 Å². The van der Waals surface area contributed by atoms with E-state index in [-0.39, 0.29) is 56.4 Å². The maximum atomic E-state index is 4.17. The second-order valence-electron chi connectivity index (χ2n) is 8.64. The standard InChI is InChI=1S/C27H28.2ClH.Zr/c1-17(2)19-11-13-22-23-14-12-20(18(3)4)16-25(23)26(24(22)15-19)27(5,6)21-9-7-8-10-21;;;/h7-9,11-16,26H,1,3,10H2,2,4-6H3;2*1H;. The van der Waals surface area contributed by atoms with E-state index in [0.29, 0.717) is 5.92 Å². The molecule has 0 N–H and O–H groups in total. The van der Waals surface area contributed by atoms with Gasteiger partial charge in [-0.25, -0.2) is 0 Å². The van der Waals surface area contributed by atoms with Gasteiger partial charge in [0.25, 0.3) is 0 Å². The van der Waals surface area contributed by atoms with Crippen LogP contribution in [0, 0.1) is 5.41 Å². The molecule has 0 radical (unpaired) electrons. The molecule has 2 aliphatic rings. The molecular formula is C27H30Cl2Zr. The quantitative estimate of drug-likeness (QED) is 0.382. The largest absolute Gasteiger partial charge is 0.147 e. The third kappa shape index (κ3) is 4.41. The molecule has 0 amide bonds. The van der Waals surface area contributed by atoms with Gasteiger partial charge in [0.15, 0.2) is 0 Å². The van der Waals surface area contributed by atoms with Crippen molar-refractivity contribution in [2.24, 2.45) is 5.41 Å². The van der Waals surface area contributed by atoms with E-state index in [1.165, 1.54) is 39.0 Å². The van der Waals surface area contributed by atoms with E-state index >= 15 is 0 Å². The van der Waals surface area contributed by atoms with Crippen molar-refractivity contribution in [1.29, 1.82) is 0 Å². The van der Waals surface area contributed by atoms with Crippen LogP contribution in [0.5, 0.6) is 0 Å². The zero-order valence-electron chi connectivity index (χ0n) is 18.2. The summed E-state index contributed by atoms with van der Waals surface area (Å²) in [7, 11) is 0. The summed E-state index contributed by atoms with van der Waals surface area (Å²) in [4.78, 5) is 0. The topological polar surface area (TPSA) is 0 Å². The minimum Gasteiger partial charge on any atom is -0.147 e. The van der Waals surface area contributed by atoms with Gasteiger partial charge in [0, 0.05) is 32.1 Å². The Hall–Kier alpha value is -1.14. The molecule has 2 aromatic carbocycles. The Kier molecular flexibility index (Phi) is 8.96. The fraction of sp³-hybridized carbons (Fsp3) is 0.259. The molecule has 0 spiro atoms. The Morgan fingerprint density at radius 3 is 1.70 bits per heavy atom. The van der Waals surface area contributed by atoms with Crippen molar-refractivity contribution in [3.05, 3.63) is 95.6 Å². The Balaban J connectivity index is 0.00000150. The van der Waals surface area contributed by atoms with Gasteiger partial charge in [0.2, 0.25) is 0 Å². The second-order valence-corrected chi connectivity index (χ2v) is 8.64. The minimum absolute atomic E-state index is 0. The second kappa shape index (κ2) is 9.99. The Bertz CT molecular complexity index is 977. The average Bonchev–Trinajstić information content (AvgIpc) is 3.27. The van der Waals surface area contributed by atoms with Crippen molar-refractivity contribution in [3.8, 4) is 11.1 Å². The van der Waals surface area contributed by atoms with E-state index in [2.05, 4.69) is 95.5 Å². The molecule has 4 rings (SSSR count). The van der Waals surface area contributed by atoms with Gasteiger partial charge in [-0.3, -0.25) is 0 Å². The predicted molar refractivity (Wildman–Crippen MR) is 133 cm³/mol. The molecule has 0 nitrogen and oxygen atoms in total. The van der Waals surface area contributed by atoms with Gasteiger partial charge in [-0.05, 0) is 59.1 Å². The molecule has 0 unspecified atom stereocenters. The molecule has 3 heteroatoms. The SMILES string of the molecule is C=C(C)c1ccc2c(c1)C(C(C)(C)C1=CC=CC1)c1cc(C(=C)C)ccc1-2.Cl.Cl.[Zr]. The van der Waals surface area contributed by atoms with Crippen molar-refractivity contribution in [3.63, 3.8) is 0 Å². The average molecular weight is 517 g/mol. The monoisotopic (exact) mass is 514 g/mol. The van der Waals surface area contributed by atoms with E-state index in [9.17, 15) is 0 Å². The first-order valence-corrected chi connectivity index (χ1v) is 9.77. The first-order chi connectivity index (χ1) is 12.8. The van der Waals surface area contributed by atoms with Gasteiger partial charge in [0.1, 0.15) is 0 Å². The number of hydrogen-bond donors (Lipinski definition) is 0. The fourth-order valence-electron chi connectivity index (χ4n) is 4.68. The Morgan fingerprint density at radius 1 is 0.867 bits per heavy atom. The third-order valence-corrected chi connectivity index (χ3v) is 6.32. The smallest absolute Gasteiger partial charge is 0.0191 e. The number of benzene rings is 2. The minimum atomic E-state index is 0. The first-order valence-electron chi connectivity index (χ1n) is 9.77. The van der Waals surface area contributed by atoms with Crippen LogP contribution < -0.4 is 0 Å². The van der Waals surface area contributed by atoms with E-state index in [0.717, 1.165) is 17.6 Å². The summed E-state index contributed by atoms with van der Waals surface area (Å²) in [5.74, 6) is 0.340. The molecule has 0 aliphatic heterocycles. The number of allylic oxidation sites excluding steroid dienone is 6. The van der Waals surface area contributed by atoms with Crippen molar-refractivity contribution < 1.29 is 26.2 Å². The van der Waals surface area contributed by atoms with Crippen LogP contribution in [0.4, 0.5) is 0 Å². The van der Waals surface area contributed by atoms with Gasteiger partial charge in [-0.15, -0.1) is 24.8 Å². The molecule has 2 aromatic rings. The zero-order valence-corrected chi connectivity index (χ0v) is 22.3. The van der Waals surface area contributed by atoms with Gasteiger partial charge in [0.05, 0.1) is 0 Å². The van der Waals surface area contributed by atoms with Crippen LogP contribution in [-0.2, 0) is 26.2 Å². The predicted octanol–water partition coefficient (Wildman–Crippen LogP) is 8.62. The van der Waals surface area contributed by atoms with Crippen molar-refractivity contribution in [2.45, 2.75) is 40.0 Å². The molecule has 156 valence electrons. The zero-order chi connectivity index (χ0) is 19.3. The Labute approximate surface area is 213 Å². The summed E-state index contributed by atoms with van der Waals surface area (Å²) in [5, 5.41) is 0. The van der Waals surface area contributed by atoms with Crippen molar-refractivity contribution in [1.82, 2.24) is 0 Å². The van der Waals surface area contributed by atoms with Crippen LogP contribution >= 0.6 is 24.8 Å². The maximum absolute atomic E-state index is 4.17. The molecule has 0 fully saturated rings. The fourth-order valence-corrected chi connectivity index (χ4v) is 4.68. The van der Waals surface area contributed by atoms with E-state index in [4.69, 9.17) is 0 Å². The van der Waals surface area contributed by atoms with Crippen molar-refractivity contribution in [2.75, 3.05) is 0 Å². The molecule has 0 atom stereocenters. The summed E-state index contributed by atoms with van der Waals surface area (Å²) in [5.41, 5.74) is 11.9. The summed E-state index contributed by atoms with van der Waals surface area (Å²) < 4.78 is 0. The van der Waals surface area contributed by atoms with Crippen LogP contribution in [0.15, 0.2) is 73.4 Å².